The lowest BCUT2D eigenvalue weighted by molar-refractivity contribution is -0.119. The van der Waals surface area contributed by atoms with E-state index >= 15 is 0 Å². The van der Waals surface area contributed by atoms with Gasteiger partial charge < -0.3 is 10.2 Å². The van der Waals surface area contributed by atoms with Crippen LogP contribution < -0.4 is 5.32 Å². The van der Waals surface area contributed by atoms with E-state index in [1.54, 1.807) is 6.20 Å². The fourth-order valence-electron chi connectivity index (χ4n) is 2.92. The van der Waals surface area contributed by atoms with Gasteiger partial charge in [-0.25, -0.2) is 0 Å². The van der Waals surface area contributed by atoms with Crippen LogP contribution >= 0.6 is 11.3 Å². The average molecular weight is 329 g/mol. The van der Waals surface area contributed by atoms with E-state index < -0.39 is 0 Å². The summed E-state index contributed by atoms with van der Waals surface area (Å²) >= 11 is 1.54. The Morgan fingerprint density at radius 2 is 2.30 bits per heavy atom. The van der Waals surface area contributed by atoms with Crippen molar-refractivity contribution in [2.75, 3.05) is 6.54 Å². The number of thiophene rings is 1. The molecule has 5 nitrogen and oxygen atoms in total. The molecule has 0 bridgehead atoms. The molecule has 1 fully saturated rings. The lowest BCUT2D eigenvalue weighted by Crippen LogP contribution is -2.30. The molecule has 0 radical (unpaired) electrons. The Kier molecular flexibility index (Phi) is 4.71. The number of nitrogens with zero attached hydrogens (tertiary/aromatic N) is 2. The van der Waals surface area contributed by atoms with E-state index in [2.05, 4.69) is 10.3 Å². The molecular formula is C17H19N3O2S. The number of aromatic nitrogens is 1. The summed E-state index contributed by atoms with van der Waals surface area (Å²) in [6, 6.07) is 5.90. The number of hydrogen-bond acceptors (Lipinski definition) is 4. The predicted molar refractivity (Wildman–Crippen MR) is 89.1 cm³/mol. The average Bonchev–Trinajstić information content (AvgIpc) is 3.23. The fourth-order valence-corrected chi connectivity index (χ4v) is 3.55. The van der Waals surface area contributed by atoms with Gasteiger partial charge >= 0.3 is 0 Å². The highest BCUT2D eigenvalue weighted by atomic mass is 32.1. The summed E-state index contributed by atoms with van der Waals surface area (Å²) in [4.78, 5) is 29.9. The number of rotatable bonds is 4. The molecule has 1 N–H and O–H groups in total. The van der Waals surface area contributed by atoms with Gasteiger partial charge in [-0.3, -0.25) is 14.6 Å². The Morgan fingerprint density at radius 3 is 3.04 bits per heavy atom. The summed E-state index contributed by atoms with van der Waals surface area (Å²) in [6.07, 6.45) is 3.71. The molecule has 120 valence electrons. The van der Waals surface area contributed by atoms with Crippen molar-refractivity contribution in [1.82, 2.24) is 15.2 Å². The van der Waals surface area contributed by atoms with E-state index in [-0.39, 0.29) is 17.9 Å². The van der Waals surface area contributed by atoms with Crippen LogP contribution in [0.25, 0.3) is 0 Å². The Balaban J connectivity index is 1.78. The second kappa shape index (κ2) is 6.91. The third kappa shape index (κ3) is 3.59. The van der Waals surface area contributed by atoms with Crippen molar-refractivity contribution in [3.63, 3.8) is 0 Å². The maximum absolute atomic E-state index is 12.7. The van der Waals surface area contributed by atoms with Crippen LogP contribution in [0.1, 0.15) is 47.4 Å². The molecule has 2 amide bonds. The molecule has 3 heterocycles. The lowest BCUT2D eigenvalue weighted by Gasteiger charge is -2.25. The van der Waals surface area contributed by atoms with Gasteiger partial charge in [0.25, 0.3) is 5.91 Å². The van der Waals surface area contributed by atoms with Gasteiger partial charge in [0.1, 0.15) is 0 Å². The summed E-state index contributed by atoms with van der Waals surface area (Å²) in [6.45, 7) is 2.68. The molecule has 1 aliphatic rings. The van der Waals surface area contributed by atoms with Crippen molar-refractivity contribution in [3.8, 4) is 0 Å². The van der Waals surface area contributed by atoms with Gasteiger partial charge in [0.2, 0.25) is 5.91 Å². The minimum Gasteiger partial charge on any atom is -0.351 e. The zero-order chi connectivity index (χ0) is 16.2. The summed E-state index contributed by atoms with van der Waals surface area (Å²) in [5, 5.41) is 6.58. The van der Waals surface area contributed by atoms with Crippen LogP contribution in [0.5, 0.6) is 0 Å². The lowest BCUT2D eigenvalue weighted by atomic mass is 10.0. The van der Waals surface area contributed by atoms with Gasteiger partial charge in [-0.2, -0.15) is 11.3 Å². The van der Waals surface area contributed by atoms with Gasteiger partial charge in [-0.15, -0.1) is 0 Å². The molecule has 1 aliphatic heterocycles. The quantitative estimate of drug-likeness (QED) is 0.938. The number of pyridine rings is 1. The summed E-state index contributed by atoms with van der Waals surface area (Å²) in [5.74, 6) is 0.0151. The normalized spacial score (nSPS) is 17.3. The third-order valence-electron chi connectivity index (χ3n) is 4.03. The first-order valence-corrected chi connectivity index (χ1v) is 8.62. The highest BCUT2D eigenvalue weighted by Crippen LogP contribution is 2.33. The first kappa shape index (κ1) is 15.7. The largest absolute Gasteiger partial charge is 0.351 e. The number of carbonyl (C=O) groups is 2. The molecule has 6 heteroatoms. The second-order valence-corrected chi connectivity index (χ2v) is 6.44. The number of carbonyl (C=O) groups excluding carboxylic acids is 2. The predicted octanol–water partition coefficient (Wildman–Crippen LogP) is 2.76. The fraction of sp³-hybridized carbons (Fsp3) is 0.353. The third-order valence-corrected chi connectivity index (χ3v) is 4.71. The molecule has 2 aromatic heterocycles. The maximum atomic E-state index is 12.7. The van der Waals surface area contributed by atoms with Crippen LogP contribution in [0.3, 0.4) is 0 Å². The molecule has 3 rings (SSSR count). The van der Waals surface area contributed by atoms with E-state index in [9.17, 15) is 9.59 Å². The molecule has 2 aromatic rings. The van der Waals surface area contributed by atoms with Crippen molar-refractivity contribution in [2.24, 2.45) is 0 Å². The van der Waals surface area contributed by atoms with Gasteiger partial charge in [0, 0.05) is 25.0 Å². The minimum absolute atomic E-state index is 0.0765. The highest BCUT2D eigenvalue weighted by molar-refractivity contribution is 7.08. The van der Waals surface area contributed by atoms with Crippen molar-refractivity contribution in [3.05, 3.63) is 52.0 Å². The Labute approximate surface area is 139 Å². The van der Waals surface area contributed by atoms with Crippen LogP contribution in [0, 0.1) is 0 Å². The van der Waals surface area contributed by atoms with Gasteiger partial charge in [-0.05, 0) is 42.0 Å². The molecule has 1 unspecified atom stereocenters. The SMILES string of the molecule is CC(=O)NCc1cc(C2CCCN2C(=O)c2ccsc2)ccn1. The van der Waals surface area contributed by atoms with E-state index in [0.29, 0.717) is 6.54 Å². The Bertz CT molecular complexity index is 700. The van der Waals surface area contributed by atoms with E-state index in [0.717, 1.165) is 36.2 Å². The molecular weight excluding hydrogens is 310 g/mol. The molecule has 0 spiro atoms. The monoisotopic (exact) mass is 329 g/mol. The van der Waals surface area contributed by atoms with E-state index in [1.807, 2.05) is 33.9 Å². The topological polar surface area (TPSA) is 62.3 Å². The van der Waals surface area contributed by atoms with Gasteiger partial charge in [0.15, 0.2) is 0 Å². The first-order chi connectivity index (χ1) is 11.1. The smallest absolute Gasteiger partial charge is 0.255 e. The Hall–Kier alpha value is -2.21. The van der Waals surface area contributed by atoms with Gasteiger partial charge in [-0.1, -0.05) is 0 Å². The maximum Gasteiger partial charge on any atom is 0.255 e. The van der Waals surface area contributed by atoms with Crippen molar-refractivity contribution < 1.29 is 9.59 Å². The molecule has 1 saturated heterocycles. The number of nitrogens with one attached hydrogen (secondary N) is 1. The van der Waals surface area contributed by atoms with E-state index in [4.69, 9.17) is 0 Å². The van der Waals surface area contributed by atoms with Gasteiger partial charge in [0.05, 0.1) is 23.8 Å². The number of hydrogen-bond donors (Lipinski definition) is 1. The second-order valence-electron chi connectivity index (χ2n) is 5.66. The summed E-state index contributed by atoms with van der Waals surface area (Å²) < 4.78 is 0. The van der Waals surface area contributed by atoms with Crippen LogP contribution in [0.2, 0.25) is 0 Å². The number of likely N-dealkylation sites (tertiary alicyclic amines) is 1. The van der Waals surface area contributed by atoms with Crippen LogP contribution in [-0.2, 0) is 11.3 Å². The molecule has 1 atom stereocenters. The van der Waals surface area contributed by atoms with Crippen molar-refractivity contribution >= 4 is 23.2 Å². The molecule has 0 aromatic carbocycles. The summed E-state index contributed by atoms with van der Waals surface area (Å²) in [5.41, 5.74) is 2.66. The standard InChI is InChI=1S/C17H19N3O2S/c1-12(21)19-10-15-9-13(4-6-18-15)16-3-2-7-20(16)17(22)14-5-8-23-11-14/h4-6,8-9,11,16H,2-3,7,10H2,1H3,(H,19,21). The summed E-state index contributed by atoms with van der Waals surface area (Å²) in [7, 11) is 0. The number of amides is 2. The van der Waals surface area contributed by atoms with Crippen molar-refractivity contribution in [1.29, 1.82) is 0 Å². The molecule has 0 saturated carbocycles. The minimum atomic E-state index is -0.0765. The molecule has 0 aliphatic carbocycles. The van der Waals surface area contributed by atoms with Crippen LogP contribution in [0.15, 0.2) is 35.2 Å². The first-order valence-electron chi connectivity index (χ1n) is 7.67. The zero-order valence-electron chi connectivity index (χ0n) is 13.0. The highest BCUT2D eigenvalue weighted by Gasteiger charge is 2.30. The zero-order valence-corrected chi connectivity index (χ0v) is 13.8. The van der Waals surface area contributed by atoms with E-state index in [1.165, 1.54) is 18.3 Å². The van der Waals surface area contributed by atoms with Crippen LogP contribution in [0.4, 0.5) is 0 Å². The Morgan fingerprint density at radius 1 is 1.43 bits per heavy atom. The van der Waals surface area contributed by atoms with Crippen molar-refractivity contribution in [2.45, 2.75) is 32.4 Å². The molecule has 23 heavy (non-hydrogen) atoms. The van der Waals surface area contributed by atoms with Crippen LogP contribution in [-0.4, -0.2) is 28.2 Å².